The van der Waals surface area contributed by atoms with Gasteiger partial charge in [-0.25, -0.2) is 8.78 Å². The number of hydrogen-bond acceptors (Lipinski definition) is 3. The van der Waals surface area contributed by atoms with Crippen molar-refractivity contribution < 1.29 is 22.1 Å². The highest BCUT2D eigenvalue weighted by atomic mass is 35.7. The van der Waals surface area contributed by atoms with Gasteiger partial charge in [-0.15, -0.1) is 11.8 Å². The fourth-order valence-corrected chi connectivity index (χ4v) is 2.84. The predicted molar refractivity (Wildman–Crippen MR) is 74.8 cm³/mol. The second kappa shape index (κ2) is 6.66. The van der Waals surface area contributed by atoms with Crippen molar-refractivity contribution in [3.8, 4) is 5.75 Å². The monoisotopic (exact) mass is 352 g/mol. The average molecular weight is 353 g/mol. The lowest BCUT2D eigenvalue weighted by molar-refractivity contribution is -0.109. The van der Waals surface area contributed by atoms with Crippen LogP contribution in [0.4, 0.5) is 17.6 Å². The second-order valence-corrected chi connectivity index (χ2v) is 11.0. The number of rotatable bonds is 6. The lowest BCUT2D eigenvalue weighted by Gasteiger charge is -2.15. The molecule has 0 N–H and O–H groups in total. The van der Waals surface area contributed by atoms with Crippen LogP contribution in [0.25, 0.3) is 0 Å². The molecule has 0 aliphatic heterocycles. The van der Waals surface area contributed by atoms with Crippen molar-refractivity contribution in [2.75, 3.05) is 12.4 Å². The van der Waals surface area contributed by atoms with Crippen molar-refractivity contribution in [1.82, 2.24) is 0 Å². The maximum Gasteiger partial charge on any atom is 0.316 e. The van der Waals surface area contributed by atoms with E-state index in [0.29, 0.717) is 22.4 Å². The van der Waals surface area contributed by atoms with E-state index in [0.717, 1.165) is 0 Å². The van der Waals surface area contributed by atoms with E-state index in [1.165, 1.54) is 24.3 Å². The second-order valence-electron chi connectivity index (χ2n) is 3.66. The molecule has 0 saturated carbocycles. The highest BCUT2D eigenvalue weighted by molar-refractivity contribution is 8.24. The van der Waals surface area contributed by atoms with Crippen molar-refractivity contribution in [2.45, 2.75) is 17.2 Å². The van der Waals surface area contributed by atoms with E-state index in [2.05, 4.69) is 0 Å². The molecule has 0 bridgehead atoms. The van der Waals surface area contributed by atoms with Gasteiger partial charge in [0.05, 0.1) is 5.75 Å². The maximum absolute atomic E-state index is 12.7. The van der Waals surface area contributed by atoms with Crippen LogP contribution in [0.2, 0.25) is 0 Å². The quantitative estimate of drug-likeness (QED) is 0.394. The highest BCUT2D eigenvalue weighted by Crippen LogP contribution is 2.48. The number of alkyl halides is 4. The molecule has 0 aliphatic rings. The highest BCUT2D eigenvalue weighted by Gasteiger charge is 2.40. The first kappa shape index (κ1) is 17.1. The van der Waals surface area contributed by atoms with Gasteiger partial charge in [-0.3, -0.25) is 0 Å². The van der Waals surface area contributed by atoms with Gasteiger partial charge in [-0.1, -0.05) is 0 Å². The first-order chi connectivity index (χ1) is 8.60. The molecule has 1 nitrogen and oxygen atoms in total. The van der Waals surface area contributed by atoms with Crippen LogP contribution in [0.15, 0.2) is 29.2 Å². The van der Waals surface area contributed by atoms with Crippen molar-refractivity contribution >= 4 is 40.4 Å². The molecule has 0 amide bonds. The zero-order chi connectivity index (χ0) is 14.7. The van der Waals surface area contributed by atoms with Crippen molar-refractivity contribution in [3.05, 3.63) is 24.3 Å². The minimum absolute atomic E-state index is 0.422. The lowest BCUT2D eigenvalue weighted by atomic mass is 10.3. The number of halogens is 5. The van der Waals surface area contributed by atoms with Gasteiger partial charge >= 0.3 is 12.3 Å². The molecule has 0 saturated heterocycles. The Balaban J connectivity index is 2.61. The molecule has 1 aromatic rings. The zero-order valence-electron chi connectivity index (χ0n) is 9.66. The first-order valence-electron chi connectivity index (χ1n) is 4.96. The van der Waals surface area contributed by atoms with Crippen LogP contribution in [-0.2, 0) is 11.8 Å². The maximum atomic E-state index is 12.7. The lowest BCUT2D eigenvalue weighted by Crippen LogP contribution is -2.29. The standard InChI is InChI=1S/C10H10ClF4OPS2/c1-17(11,18)16-7-2-4-8(5-3-7)19-6-10(14,15)9(12)13/h2-5,9H,6H2,1H3. The summed E-state index contributed by atoms with van der Waals surface area (Å²) >= 11 is 11.3. The van der Waals surface area contributed by atoms with Crippen LogP contribution < -0.4 is 4.52 Å². The normalized spacial score (nSPS) is 15.3. The van der Waals surface area contributed by atoms with E-state index in [9.17, 15) is 17.6 Å². The smallest absolute Gasteiger partial charge is 0.316 e. The summed E-state index contributed by atoms with van der Waals surface area (Å²) in [4.78, 5) is 0.437. The molecule has 0 radical (unpaired) electrons. The fourth-order valence-electron chi connectivity index (χ4n) is 1.03. The van der Waals surface area contributed by atoms with Crippen LogP contribution in [0.3, 0.4) is 0 Å². The third kappa shape index (κ3) is 6.34. The van der Waals surface area contributed by atoms with Crippen LogP contribution in [-0.4, -0.2) is 24.8 Å². The Kier molecular flexibility index (Phi) is 5.98. The molecule has 1 rings (SSSR count). The van der Waals surface area contributed by atoms with Gasteiger partial charge in [0.25, 0.3) is 0 Å². The van der Waals surface area contributed by atoms with Crippen molar-refractivity contribution in [3.63, 3.8) is 0 Å². The molecule has 0 spiro atoms. The summed E-state index contributed by atoms with van der Waals surface area (Å²) in [6.07, 6.45) is -3.66. The topological polar surface area (TPSA) is 9.23 Å². The molecule has 0 heterocycles. The van der Waals surface area contributed by atoms with E-state index >= 15 is 0 Å². The molecule has 1 atom stereocenters. The van der Waals surface area contributed by atoms with E-state index < -0.39 is 23.7 Å². The largest absolute Gasteiger partial charge is 0.453 e. The van der Waals surface area contributed by atoms with Gasteiger partial charge in [0.1, 0.15) is 5.75 Å². The Morgan fingerprint density at radius 2 is 1.89 bits per heavy atom. The van der Waals surface area contributed by atoms with Gasteiger partial charge in [-0.05, 0) is 47.3 Å². The van der Waals surface area contributed by atoms with Crippen LogP contribution in [0, 0.1) is 0 Å². The van der Waals surface area contributed by atoms with Gasteiger partial charge in [0.2, 0.25) is 0 Å². The molecule has 0 aliphatic carbocycles. The molecule has 0 aromatic heterocycles. The van der Waals surface area contributed by atoms with Crippen molar-refractivity contribution in [1.29, 1.82) is 0 Å². The summed E-state index contributed by atoms with van der Waals surface area (Å²) in [5, 5.41) is 0. The summed E-state index contributed by atoms with van der Waals surface area (Å²) in [6.45, 7) is 1.58. The van der Waals surface area contributed by atoms with Gasteiger partial charge in [0, 0.05) is 11.6 Å². The third-order valence-electron chi connectivity index (χ3n) is 1.84. The number of hydrogen-bond donors (Lipinski definition) is 0. The van der Waals surface area contributed by atoms with E-state index in [4.69, 9.17) is 27.6 Å². The molecular weight excluding hydrogens is 343 g/mol. The molecule has 9 heteroatoms. The molecule has 1 aromatic carbocycles. The van der Waals surface area contributed by atoms with Crippen LogP contribution >= 0.6 is 28.6 Å². The molecule has 1 unspecified atom stereocenters. The van der Waals surface area contributed by atoms with E-state index in [1.54, 1.807) is 6.66 Å². The van der Waals surface area contributed by atoms with Crippen LogP contribution in [0.1, 0.15) is 0 Å². The molecule has 19 heavy (non-hydrogen) atoms. The predicted octanol–water partition coefficient (Wildman–Crippen LogP) is 5.24. The summed E-state index contributed by atoms with van der Waals surface area (Å²) in [6, 6.07) is 6.00. The SMILES string of the molecule is CP(=S)(Cl)Oc1ccc(SCC(F)(F)C(F)F)cc1. The minimum atomic E-state index is -4.00. The first-order valence-corrected chi connectivity index (χ1v) is 10.0. The van der Waals surface area contributed by atoms with E-state index in [-0.39, 0.29) is 0 Å². The Morgan fingerprint density at radius 3 is 2.32 bits per heavy atom. The summed E-state index contributed by atoms with van der Waals surface area (Å²) < 4.78 is 54.6. The van der Waals surface area contributed by atoms with Gasteiger partial charge < -0.3 is 4.52 Å². The molecule has 0 fully saturated rings. The summed E-state index contributed by atoms with van der Waals surface area (Å²) in [7, 11) is 0. The van der Waals surface area contributed by atoms with Gasteiger partial charge in [-0.2, -0.15) is 8.78 Å². The summed E-state index contributed by atoms with van der Waals surface area (Å²) in [5.41, 5.74) is -2.38. The van der Waals surface area contributed by atoms with Crippen molar-refractivity contribution in [2.24, 2.45) is 0 Å². The third-order valence-corrected chi connectivity index (χ3v) is 3.95. The number of thioether (sulfide) groups is 1. The minimum Gasteiger partial charge on any atom is -0.453 e. The Bertz CT molecular complexity index is 463. The Morgan fingerprint density at radius 1 is 1.37 bits per heavy atom. The Hall–Kier alpha value is 0.0300. The molecule has 108 valence electrons. The summed E-state index contributed by atoms with van der Waals surface area (Å²) in [5.74, 6) is -4.56. The fraction of sp³-hybridized carbons (Fsp3) is 0.400. The average Bonchev–Trinajstić information content (AvgIpc) is 2.26. The number of benzene rings is 1. The molecular formula is C10H10ClF4OPS2. The van der Waals surface area contributed by atoms with Crippen LogP contribution in [0.5, 0.6) is 5.75 Å². The van der Waals surface area contributed by atoms with Gasteiger partial charge in [0.15, 0.2) is 5.62 Å². The van der Waals surface area contributed by atoms with E-state index in [1.807, 2.05) is 0 Å². The zero-order valence-corrected chi connectivity index (χ0v) is 12.9. The Labute approximate surface area is 122 Å².